The van der Waals surface area contributed by atoms with Crippen LogP contribution >= 0.6 is 0 Å². The van der Waals surface area contributed by atoms with E-state index in [1.807, 2.05) is 74.5 Å². The first-order valence-electron chi connectivity index (χ1n) is 13.6. The molecular formula is C31H35N3O5S. The number of carboxylic acid groups (broad SMARTS) is 1. The lowest BCUT2D eigenvalue weighted by Crippen LogP contribution is -2.49. The van der Waals surface area contributed by atoms with Gasteiger partial charge in [-0.05, 0) is 71.0 Å². The minimum Gasteiger partial charge on any atom is -0.480 e. The first-order valence-corrected chi connectivity index (χ1v) is 15.2. The molecule has 3 aromatic rings. The molecule has 3 N–H and O–H groups in total. The molecule has 0 spiro atoms. The highest BCUT2D eigenvalue weighted by Crippen LogP contribution is 2.64. The van der Waals surface area contributed by atoms with Gasteiger partial charge in [-0.25, -0.2) is 18.1 Å². The maximum absolute atomic E-state index is 13.2. The molecule has 1 heterocycles. The summed E-state index contributed by atoms with van der Waals surface area (Å²) < 4.78 is 28.8. The number of ketones is 1. The minimum absolute atomic E-state index is 0.00412. The second kappa shape index (κ2) is 10.8. The van der Waals surface area contributed by atoms with Gasteiger partial charge in [0.05, 0.1) is 5.75 Å². The second-order valence-corrected chi connectivity index (χ2v) is 13.4. The van der Waals surface area contributed by atoms with E-state index >= 15 is 0 Å². The minimum atomic E-state index is -4.02. The molecule has 8 nitrogen and oxygen atoms in total. The third-order valence-corrected chi connectivity index (χ3v) is 10.5. The van der Waals surface area contributed by atoms with Crippen molar-refractivity contribution in [3.05, 3.63) is 84.1 Å². The summed E-state index contributed by atoms with van der Waals surface area (Å²) >= 11 is 0. The molecule has 0 saturated heterocycles. The highest BCUT2D eigenvalue weighted by molar-refractivity contribution is 7.89. The number of rotatable bonds is 11. The van der Waals surface area contributed by atoms with Crippen molar-refractivity contribution in [2.75, 3.05) is 11.1 Å². The standard InChI is InChI=1S/C31H35N3O5S/c1-30(2)25-13-14-31(30,27(35)18-25)20-40(38,39)34-26(29(36)37)17-21-9-11-23(12-10-21)24-7-5-6-22(16-24)19-33-28-8-3-4-15-32-28/h3-12,15-16,25-26,34H,13-14,17-20H2,1-2H3,(H,32,33)(H,36,37). The lowest BCUT2D eigenvalue weighted by Gasteiger charge is -2.36. The molecule has 3 atom stereocenters. The van der Waals surface area contributed by atoms with Gasteiger partial charge in [0, 0.05) is 24.6 Å². The number of nitrogens with one attached hydrogen (secondary N) is 2. The van der Waals surface area contributed by atoms with Gasteiger partial charge in [-0.15, -0.1) is 0 Å². The zero-order valence-electron chi connectivity index (χ0n) is 22.8. The number of hydrogen-bond donors (Lipinski definition) is 3. The molecule has 2 aromatic carbocycles. The molecule has 2 aliphatic carbocycles. The first-order chi connectivity index (χ1) is 19.0. The van der Waals surface area contributed by atoms with E-state index in [0.29, 0.717) is 24.9 Å². The number of aromatic nitrogens is 1. The molecule has 1 aromatic heterocycles. The maximum Gasteiger partial charge on any atom is 0.322 e. The van der Waals surface area contributed by atoms with Gasteiger partial charge in [0.2, 0.25) is 10.0 Å². The van der Waals surface area contributed by atoms with Gasteiger partial charge < -0.3 is 10.4 Å². The van der Waals surface area contributed by atoms with Crippen molar-refractivity contribution in [2.24, 2.45) is 16.7 Å². The van der Waals surface area contributed by atoms with E-state index in [-0.39, 0.29) is 23.9 Å². The van der Waals surface area contributed by atoms with Crippen LogP contribution in [0.3, 0.4) is 0 Å². The smallest absolute Gasteiger partial charge is 0.322 e. The fourth-order valence-corrected chi connectivity index (χ4v) is 8.49. The normalized spacial score (nSPS) is 22.2. The summed E-state index contributed by atoms with van der Waals surface area (Å²) in [7, 11) is -4.02. The summed E-state index contributed by atoms with van der Waals surface area (Å²) in [5, 5.41) is 13.1. The summed E-state index contributed by atoms with van der Waals surface area (Å²) in [6, 6.07) is 19.9. The van der Waals surface area contributed by atoms with Gasteiger partial charge in [-0.3, -0.25) is 9.59 Å². The van der Waals surface area contributed by atoms with Crippen LogP contribution in [0.1, 0.15) is 44.2 Å². The Kier molecular flexibility index (Phi) is 7.54. The molecule has 2 fully saturated rings. The van der Waals surface area contributed by atoms with Gasteiger partial charge in [0.15, 0.2) is 0 Å². The van der Waals surface area contributed by atoms with Gasteiger partial charge in [-0.1, -0.05) is 62.4 Å². The zero-order chi connectivity index (χ0) is 28.5. The van der Waals surface area contributed by atoms with Crippen molar-refractivity contribution in [1.29, 1.82) is 0 Å². The lowest BCUT2D eigenvalue weighted by molar-refractivity contribution is -0.138. The molecule has 0 aliphatic heterocycles. The van der Waals surface area contributed by atoms with Crippen LogP contribution in [0.5, 0.6) is 0 Å². The molecule has 5 rings (SSSR count). The Hall–Kier alpha value is -3.56. The Labute approximate surface area is 235 Å². The van der Waals surface area contributed by atoms with Crippen molar-refractivity contribution in [2.45, 2.75) is 52.1 Å². The van der Waals surface area contributed by atoms with Crippen molar-refractivity contribution in [3.8, 4) is 11.1 Å². The maximum atomic E-state index is 13.2. The van der Waals surface area contributed by atoms with Gasteiger partial charge in [0.25, 0.3) is 0 Å². The summed E-state index contributed by atoms with van der Waals surface area (Å²) in [6.45, 7) is 4.55. The molecule has 40 heavy (non-hydrogen) atoms. The molecule has 2 saturated carbocycles. The van der Waals surface area contributed by atoms with E-state index in [9.17, 15) is 23.1 Å². The van der Waals surface area contributed by atoms with E-state index in [1.165, 1.54) is 0 Å². The summed E-state index contributed by atoms with van der Waals surface area (Å²) in [5.74, 6) is -0.651. The topological polar surface area (TPSA) is 125 Å². The molecule has 9 heteroatoms. The molecule has 2 aliphatic rings. The number of carbonyl (C=O) groups excluding carboxylic acids is 1. The molecule has 210 valence electrons. The van der Waals surface area contributed by atoms with Gasteiger partial charge in [0.1, 0.15) is 17.6 Å². The van der Waals surface area contributed by atoms with Crippen molar-refractivity contribution in [1.82, 2.24) is 9.71 Å². The largest absolute Gasteiger partial charge is 0.480 e. The summed E-state index contributed by atoms with van der Waals surface area (Å²) in [6.07, 6.45) is 3.49. The number of aliphatic carboxylic acids is 1. The highest BCUT2D eigenvalue weighted by atomic mass is 32.2. The Balaban J connectivity index is 1.25. The summed E-state index contributed by atoms with van der Waals surface area (Å²) in [5.41, 5.74) is 2.40. The fourth-order valence-electron chi connectivity index (χ4n) is 6.46. The Morgan fingerprint density at radius 1 is 1.05 bits per heavy atom. The molecular weight excluding hydrogens is 526 g/mol. The number of sulfonamides is 1. The lowest BCUT2D eigenvalue weighted by atomic mass is 9.70. The number of Topliss-reactive ketones (excluding diaryl/α,β-unsaturated/α-hetero) is 1. The van der Waals surface area contributed by atoms with Crippen molar-refractivity contribution < 1.29 is 23.1 Å². The third-order valence-electron chi connectivity index (χ3n) is 8.99. The predicted molar refractivity (Wildman–Crippen MR) is 154 cm³/mol. The van der Waals surface area contributed by atoms with Crippen LogP contribution in [-0.4, -0.2) is 42.1 Å². The quantitative estimate of drug-likeness (QED) is 0.311. The Bertz CT molecular complexity index is 1510. The summed E-state index contributed by atoms with van der Waals surface area (Å²) in [4.78, 5) is 29.1. The molecule has 2 bridgehead atoms. The SMILES string of the molecule is CC1(C)C2CCC1(CS(=O)(=O)NC(Cc1ccc(-c3cccc(CNc4ccccn4)c3)cc1)C(=O)O)C(=O)C2. The van der Waals surface area contributed by atoms with E-state index in [1.54, 1.807) is 6.20 Å². The van der Waals surface area contributed by atoms with Crippen LogP contribution in [0.2, 0.25) is 0 Å². The van der Waals surface area contributed by atoms with Crippen molar-refractivity contribution >= 4 is 27.6 Å². The number of pyridine rings is 1. The number of nitrogens with zero attached hydrogens (tertiary/aromatic N) is 1. The van der Waals surface area contributed by atoms with E-state index in [0.717, 1.165) is 28.9 Å². The molecule has 0 radical (unpaired) electrons. The number of benzene rings is 2. The average molecular weight is 562 g/mol. The predicted octanol–water partition coefficient (Wildman–Crippen LogP) is 4.67. The average Bonchev–Trinajstić information content (AvgIpc) is 3.27. The molecule has 3 unspecified atom stereocenters. The van der Waals surface area contributed by atoms with Crippen LogP contribution in [0.4, 0.5) is 5.82 Å². The Morgan fingerprint density at radius 3 is 2.45 bits per heavy atom. The van der Waals surface area contributed by atoms with Gasteiger partial charge in [-0.2, -0.15) is 0 Å². The number of fused-ring (bicyclic) bond motifs is 2. The highest BCUT2D eigenvalue weighted by Gasteiger charge is 2.65. The van der Waals surface area contributed by atoms with E-state index in [2.05, 4.69) is 21.1 Å². The number of carbonyl (C=O) groups is 2. The monoisotopic (exact) mass is 561 g/mol. The van der Waals surface area contributed by atoms with Crippen LogP contribution in [-0.2, 0) is 32.6 Å². The van der Waals surface area contributed by atoms with Crippen LogP contribution in [0.25, 0.3) is 11.1 Å². The van der Waals surface area contributed by atoms with Crippen molar-refractivity contribution in [3.63, 3.8) is 0 Å². The van der Waals surface area contributed by atoms with Gasteiger partial charge >= 0.3 is 5.97 Å². The van der Waals surface area contributed by atoms with Crippen LogP contribution in [0, 0.1) is 16.7 Å². The number of carboxylic acids is 1. The van der Waals surface area contributed by atoms with Crippen LogP contribution in [0.15, 0.2) is 72.9 Å². The van der Waals surface area contributed by atoms with E-state index < -0.39 is 32.9 Å². The van der Waals surface area contributed by atoms with E-state index in [4.69, 9.17) is 0 Å². The zero-order valence-corrected chi connectivity index (χ0v) is 23.6. The third kappa shape index (κ3) is 5.53. The Morgan fingerprint density at radius 2 is 1.82 bits per heavy atom. The molecule has 0 amide bonds. The fraction of sp³-hybridized carbons (Fsp3) is 0.387. The van der Waals surface area contributed by atoms with Crippen LogP contribution < -0.4 is 10.0 Å². The first kappa shape index (κ1) is 28.0. The number of anilines is 1. The second-order valence-electron chi connectivity index (χ2n) is 11.6. The number of hydrogen-bond acceptors (Lipinski definition) is 6.